The van der Waals surface area contributed by atoms with Crippen LogP contribution in [0.2, 0.25) is 0 Å². The third kappa shape index (κ3) is 2.69. The summed E-state index contributed by atoms with van der Waals surface area (Å²) in [6, 6.07) is 4.68. The Morgan fingerprint density at radius 3 is 2.58 bits per heavy atom. The number of methoxy groups -OCH3 is 1. The first-order valence-electron chi connectivity index (χ1n) is 6.20. The van der Waals surface area contributed by atoms with Crippen LogP contribution >= 0.6 is 0 Å². The number of nitrogens with two attached hydrogens (primary N) is 1. The first-order valence-corrected chi connectivity index (χ1v) is 7.64. The van der Waals surface area contributed by atoms with Gasteiger partial charge in [-0.1, -0.05) is 13.8 Å². The lowest BCUT2D eigenvalue weighted by molar-refractivity contribution is 0.371. The highest BCUT2D eigenvalue weighted by molar-refractivity contribution is 7.89. The molecule has 2 rings (SSSR count). The maximum absolute atomic E-state index is 12.6. The normalized spacial score (nSPS) is 19.5. The maximum Gasteiger partial charge on any atom is 0.246 e. The molecule has 1 heterocycles. The third-order valence-corrected chi connectivity index (χ3v) is 5.31. The van der Waals surface area contributed by atoms with Gasteiger partial charge in [-0.2, -0.15) is 4.31 Å². The zero-order chi connectivity index (χ0) is 14.3. The molecule has 106 valence electrons. The highest BCUT2D eigenvalue weighted by Crippen LogP contribution is 2.35. The van der Waals surface area contributed by atoms with Gasteiger partial charge in [-0.05, 0) is 30.0 Å². The summed E-state index contributed by atoms with van der Waals surface area (Å²) in [5, 5.41) is 0. The van der Waals surface area contributed by atoms with E-state index in [0.29, 0.717) is 24.5 Å². The van der Waals surface area contributed by atoms with E-state index in [9.17, 15) is 8.42 Å². The van der Waals surface area contributed by atoms with E-state index >= 15 is 0 Å². The van der Waals surface area contributed by atoms with Crippen molar-refractivity contribution < 1.29 is 13.2 Å². The van der Waals surface area contributed by atoms with Gasteiger partial charge in [0.15, 0.2) is 0 Å². The molecule has 0 atom stereocenters. The van der Waals surface area contributed by atoms with E-state index in [1.807, 2.05) is 0 Å². The first kappa shape index (κ1) is 14.1. The maximum atomic E-state index is 12.6. The second-order valence-corrected chi connectivity index (χ2v) is 7.57. The Morgan fingerprint density at radius 1 is 1.37 bits per heavy atom. The molecule has 6 heteroatoms. The number of anilines is 1. The zero-order valence-electron chi connectivity index (χ0n) is 11.5. The number of benzene rings is 1. The minimum atomic E-state index is -3.55. The van der Waals surface area contributed by atoms with Crippen molar-refractivity contribution in [3.8, 4) is 5.75 Å². The van der Waals surface area contributed by atoms with Crippen molar-refractivity contribution >= 4 is 15.7 Å². The van der Waals surface area contributed by atoms with E-state index in [1.165, 1.54) is 17.5 Å². The van der Waals surface area contributed by atoms with Crippen molar-refractivity contribution in [3.63, 3.8) is 0 Å². The molecular weight excluding hydrogens is 264 g/mol. The Labute approximate surface area is 114 Å². The second kappa shape index (κ2) is 4.68. The van der Waals surface area contributed by atoms with Gasteiger partial charge in [-0.25, -0.2) is 8.42 Å². The minimum Gasteiger partial charge on any atom is -0.495 e. The van der Waals surface area contributed by atoms with E-state index in [4.69, 9.17) is 10.5 Å². The van der Waals surface area contributed by atoms with E-state index in [-0.39, 0.29) is 10.3 Å². The summed E-state index contributed by atoms with van der Waals surface area (Å²) >= 11 is 0. The van der Waals surface area contributed by atoms with Gasteiger partial charge in [0.25, 0.3) is 0 Å². The van der Waals surface area contributed by atoms with Crippen LogP contribution in [-0.2, 0) is 10.0 Å². The molecule has 1 aromatic carbocycles. The van der Waals surface area contributed by atoms with Crippen molar-refractivity contribution in [1.29, 1.82) is 0 Å². The number of rotatable bonds is 3. The molecule has 0 saturated carbocycles. The summed E-state index contributed by atoms with van der Waals surface area (Å²) in [7, 11) is -2.09. The Morgan fingerprint density at radius 2 is 2.05 bits per heavy atom. The molecular formula is C13H20N2O3S. The largest absolute Gasteiger partial charge is 0.495 e. The van der Waals surface area contributed by atoms with Crippen molar-refractivity contribution in [2.75, 3.05) is 25.9 Å². The molecule has 2 N–H and O–H groups in total. The molecule has 1 aliphatic rings. The molecule has 0 bridgehead atoms. The number of nitrogen functional groups attached to an aromatic ring is 1. The Balaban J connectivity index is 2.43. The van der Waals surface area contributed by atoms with Crippen molar-refractivity contribution in [1.82, 2.24) is 4.31 Å². The zero-order valence-corrected chi connectivity index (χ0v) is 12.3. The highest BCUT2D eigenvalue weighted by Gasteiger charge is 2.38. The standard InChI is InChI=1S/C13H20N2O3S/c1-13(2)6-7-15(9-13)19(16,17)12-8-10(14)4-5-11(12)18-3/h4-5,8H,6-7,9,14H2,1-3H3. The quantitative estimate of drug-likeness (QED) is 0.857. The van der Waals surface area contributed by atoms with Crippen LogP contribution in [0.4, 0.5) is 5.69 Å². The molecule has 0 amide bonds. The molecule has 0 spiro atoms. The fourth-order valence-corrected chi connectivity index (χ4v) is 4.12. The Bertz CT molecular complexity index is 582. The lowest BCUT2D eigenvalue weighted by Crippen LogP contribution is -2.30. The molecule has 1 aromatic rings. The smallest absolute Gasteiger partial charge is 0.246 e. The molecule has 1 aliphatic heterocycles. The van der Waals surface area contributed by atoms with E-state index in [2.05, 4.69) is 13.8 Å². The Kier molecular flexibility index (Phi) is 3.49. The number of sulfonamides is 1. The summed E-state index contributed by atoms with van der Waals surface area (Å²) in [5.41, 5.74) is 6.12. The Hall–Kier alpha value is -1.27. The van der Waals surface area contributed by atoms with Crippen LogP contribution in [0.1, 0.15) is 20.3 Å². The second-order valence-electron chi connectivity index (χ2n) is 5.66. The summed E-state index contributed by atoms with van der Waals surface area (Å²) in [6.07, 6.45) is 0.858. The van der Waals surface area contributed by atoms with Gasteiger partial charge in [0.05, 0.1) is 7.11 Å². The highest BCUT2D eigenvalue weighted by atomic mass is 32.2. The molecule has 0 unspecified atom stereocenters. The molecule has 1 saturated heterocycles. The van der Waals surface area contributed by atoms with Crippen LogP contribution in [0.15, 0.2) is 23.1 Å². The lowest BCUT2D eigenvalue weighted by Gasteiger charge is -2.21. The first-order chi connectivity index (χ1) is 8.76. The van der Waals surface area contributed by atoms with Crippen LogP contribution in [0.3, 0.4) is 0 Å². The molecule has 19 heavy (non-hydrogen) atoms. The summed E-state index contributed by atoms with van der Waals surface area (Å²) in [6.45, 7) is 5.19. The van der Waals surface area contributed by atoms with Gasteiger partial charge in [-0.15, -0.1) is 0 Å². The third-order valence-electron chi connectivity index (χ3n) is 3.45. The SMILES string of the molecule is COc1ccc(N)cc1S(=O)(=O)N1CCC(C)(C)C1. The van der Waals surface area contributed by atoms with Gasteiger partial charge in [0.2, 0.25) is 10.0 Å². The average molecular weight is 284 g/mol. The number of hydrogen-bond donors (Lipinski definition) is 1. The lowest BCUT2D eigenvalue weighted by atomic mass is 9.93. The summed E-state index contributed by atoms with van der Waals surface area (Å²) in [4.78, 5) is 0.146. The monoisotopic (exact) mass is 284 g/mol. The fraction of sp³-hybridized carbons (Fsp3) is 0.538. The predicted octanol–water partition coefficient (Wildman–Crippen LogP) is 1.70. The van der Waals surface area contributed by atoms with Crippen LogP contribution in [0, 0.1) is 5.41 Å². The number of ether oxygens (including phenoxy) is 1. The molecule has 0 aromatic heterocycles. The predicted molar refractivity (Wildman–Crippen MR) is 74.6 cm³/mol. The molecule has 5 nitrogen and oxygen atoms in total. The van der Waals surface area contributed by atoms with Crippen LogP contribution in [0.5, 0.6) is 5.75 Å². The van der Waals surface area contributed by atoms with Crippen molar-refractivity contribution in [2.24, 2.45) is 5.41 Å². The molecule has 1 fully saturated rings. The minimum absolute atomic E-state index is 0.0145. The van der Waals surface area contributed by atoms with Gasteiger partial charge in [0, 0.05) is 18.8 Å². The van der Waals surface area contributed by atoms with Crippen molar-refractivity contribution in [2.45, 2.75) is 25.2 Å². The van der Waals surface area contributed by atoms with E-state index in [1.54, 1.807) is 12.1 Å². The van der Waals surface area contributed by atoms with Gasteiger partial charge in [-0.3, -0.25) is 0 Å². The van der Waals surface area contributed by atoms with Crippen molar-refractivity contribution in [3.05, 3.63) is 18.2 Å². The van der Waals surface area contributed by atoms with Crippen LogP contribution in [-0.4, -0.2) is 32.9 Å². The summed E-state index contributed by atoms with van der Waals surface area (Å²) < 4.78 is 31.9. The number of nitrogens with zero attached hydrogens (tertiary/aromatic N) is 1. The van der Waals surface area contributed by atoms with E-state index in [0.717, 1.165) is 6.42 Å². The molecule has 0 radical (unpaired) electrons. The molecule has 0 aliphatic carbocycles. The van der Waals surface area contributed by atoms with Gasteiger partial charge in [0.1, 0.15) is 10.6 Å². The topological polar surface area (TPSA) is 72.6 Å². The number of hydrogen-bond acceptors (Lipinski definition) is 4. The fourth-order valence-electron chi connectivity index (χ4n) is 2.30. The van der Waals surface area contributed by atoms with E-state index < -0.39 is 10.0 Å². The van der Waals surface area contributed by atoms with Crippen LogP contribution in [0.25, 0.3) is 0 Å². The van der Waals surface area contributed by atoms with Gasteiger partial charge < -0.3 is 10.5 Å². The average Bonchev–Trinajstić information content (AvgIpc) is 2.70. The summed E-state index contributed by atoms with van der Waals surface area (Å²) in [5.74, 6) is 0.332. The van der Waals surface area contributed by atoms with Crippen LogP contribution < -0.4 is 10.5 Å². The van der Waals surface area contributed by atoms with Gasteiger partial charge >= 0.3 is 0 Å².